The van der Waals surface area contributed by atoms with Gasteiger partial charge in [0.2, 0.25) is 5.89 Å². The molecule has 3 rings (SSSR count). The topological polar surface area (TPSA) is 93.8 Å². The highest BCUT2D eigenvalue weighted by atomic mass is 16.5. The minimum atomic E-state index is 0.422. The lowest BCUT2D eigenvalue weighted by Crippen LogP contribution is -2.36. The average Bonchev–Trinajstić information content (AvgIpc) is 3.35. The molecule has 0 saturated carbocycles. The minimum absolute atomic E-state index is 0.422. The second-order valence-electron chi connectivity index (χ2n) is 6.94. The van der Waals surface area contributed by atoms with Gasteiger partial charge in [-0.2, -0.15) is 4.98 Å². The Hall–Kier alpha value is -2.61. The monoisotopic (exact) mass is 387 g/mol. The molecule has 28 heavy (non-hydrogen) atoms. The molecule has 1 fully saturated rings. The summed E-state index contributed by atoms with van der Waals surface area (Å²) in [6.07, 6.45) is 1.06. The highest BCUT2D eigenvalue weighted by Gasteiger charge is 2.17. The van der Waals surface area contributed by atoms with Crippen molar-refractivity contribution in [2.24, 2.45) is 10.9 Å². The van der Waals surface area contributed by atoms with Crippen LogP contribution in [-0.2, 0) is 17.8 Å². The summed E-state index contributed by atoms with van der Waals surface area (Å²) in [5, 5.41) is 10.2. The number of hydrogen-bond acceptors (Lipinski definition) is 6. The normalized spacial score (nSPS) is 17.0. The summed E-state index contributed by atoms with van der Waals surface area (Å²) < 4.78 is 16.7. The average molecular weight is 387 g/mol. The van der Waals surface area contributed by atoms with Crippen LogP contribution in [0.5, 0.6) is 5.75 Å². The number of rotatable bonds is 8. The zero-order chi connectivity index (χ0) is 19.8. The van der Waals surface area contributed by atoms with Crippen LogP contribution >= 0.6 is 0 Å². The third-order valence-corrected chi connectivity index (χ3v) is 4.45. The van der Waals surface area contributed by atoms with Crippen LogP contribution in [0.15, 0.2) is 27.7 Å². The largest absolute Gasteiger partial charge is 0.493 e. The van der Waals surface area contributed by atoms with Crippen LogP contribution in [0.3, 0.4) is 0 Å². The minimum Gasteiger partial charge on any atom is -0.493 e. The molecule has 2 aromatic rings. The maximum atomic E-state index is 6.10. The van der Waals surface area contributed by atoms with E-state index in [-0.39, 0.29) is 0 Å². The maximum absolute atomic E-state index is 6.10. The number of ether oxygens (including phenoxy) is 2. The molecular weight excluding hydrogens is 358 g/mol. The van der Waals surface area contributed by atoms with Gasteiger partial charge in [0, 0.05) is 24.6 Å². The molecule has 2 heterocycles. The zero-order valence-electron chi connectivity index (χ0n) is 16.8. The van der Waals surface area contributed by atoms with E-state index in [0.29, 0.717) is 43.3 Å². The second-order valence-corrected chi connectivity index (χ2v) is 6.94. The summed E-state index contributed by atoms with van der Waals surface area (Å²) in [6.45, 7) is 9.86. The van der Waals surface area contributed by atoms with E-state index in [1.807, 2.05) is 6.92 Å². The Bertz CT molecular complexity index is 784. The molecule has 0 amide bonds. The SMILES string of the molecule is CCNC(=NCc1ccc(C)cc1OCC1CCOC1)NCc1nc(C)no1. The molecule has 1 aromatic heterocycles. The van der Waals surface area contributed by atoms with Gasteiger partial charge in [-0.05, 0) is 38.8 Å². The van der Waals surface area contributed by atoms with E-state index in [1.54, 1.807) is 6.92 Å². The fourth-order valence-electron chi connectivity index (χ4n) is 2.93. The van der Waals surface area contributed by atoms with Crippen LogP contribution in [0.4, 0.5) is 0 Å². The van der Waals surface area contributed by atoms with Crippen LogP contribution < -0.4 is 15.4 Å². The Labute approximate surface area is 165 Å². The van der Waals surface area contributed by atoms with Crippen molar-refractivity contribution in [3.8, 4) is 5.75 Å². The van der Waals surface area contributed by atoms with Gasteiger partial charge in [-0.3, -0.25) is 0 Å². The number of hydrogen-bond donors (Lipinski definition) is 2. The van der Waals surface area contributed by atoms with Gasteiger partial charge >= 0.3 is 0 Å². The van der Waals surface area contributed by atoms with Crippen LogP contribution in [0.25, 0.3) is 0 Å². The maximum Gasteiger partial charge on any atom is 0.246 e. The molecule has 1 saturated heterocycles. The van der Waals surface area contributed by atoms with Crippen molar-refractivity contribution in [1.29, 1.82) is 0 Å². The van der Waals surface area contributed by atoms with Gasteiger partial charge < -0.3 is 24.6 Å². The molecule has 0 aliphatic carbocycles. The number of guanidine groups is 1. The van der Waals surface area contributed by atoms with Crippen LogP contribution in [0.1, 0.15) is 36.2 Å². The smallest absolute Gasteiger partial charge is 0.246 e. The first-order valence-corrected chi connectivity index (χ1v) is 9.75. The highest BCUT2D eigenvalue weighted by Crippen LogP contribution is 2.23. The predicted molar refractivity (Wildman–Crippen MR) is 106 cm³/mol. The fraction of sp³-hybridized carbons (Fsp3) is 0.550. The third-order valence-electron chi connectivity index (χ3n) is 4.45. The summed E-state index contributed by atoms with van der Waals surface area (Å²) >= 11 is 0. The molecule has 152 valence electrons. The molecule has 8 heteroatoms. The van der Waals surface area contributed by atoms with E-state index in [9.17, 15) is 0 Å². The standard InChI is InChI=1S/C20H29N5O3/c1-4-21-20(23-11-19-24-15(3)25-28-19)22-10-17-6-5-14(2)9-18(17)27-13-16-7-8-26-12-16/h5-6,9,16H,4,7-8,10-13H2,1-3H3,(H2,21,22,23). The summed E-state index contributed by atoms with van der Waals surface area (Å²) in [7, 11) is 0. The highest BCUT2D eigenvalue weighted by molar-refractivity contribution is 5.79. The number of aryl methyl sites for hydroxylation is 2. The van der Waals surface area contributed by atoms with Crippen molar-refractivity contribution < 1.29 is 14.0 Å². The van der Waals surface area contributed by atoms with Crippen molar-refractivity contribution in [3.63, 3.8) is 0 Å². The van der Waals surface area contributed by atoms with E-state index in [2.05, 4.69) is 50.9 Å². The molecule has 1 aliphatic rings. The summed E-state index contributed by atoms with van der Waals surface area (Å²) in [6, 6.07) is 6.23. The van der Waals surface area contributed by atoms with Gasteiger partial charge in [0.1, 0.15) is 5.75 Å². The number of nitrogens with one attached hydrogen (secondary N) is 2. The van der Waals surface area contributed by atoms with Gasteiger partial charge in [0.25, 0.3) is 0 Å². The zero-order valence-corrected chi connectivity index (χ0v) is 16.8. The molecule has 1 aromatic carbocycles. The van der Waals surface area contributed by atoms with Crippen molar-refractivity contribution in [1.82, 2.24) is 20.8 Å². The lowest BCUT2D eigenvalue weighted by Gasteiger charge is -2.15. The Kier molecular flexibility index (Phi) is 7.25. The molecule has 2 N–H and O–H groups in total. The molecule has 1 aliphatic heterocycles. The quantitative estimate of drug-likeness (QED) is 0.530. The van der Waals surface area contributed by atoms with E-state index in [0.717, 1.165) is 37.5 Å². The van der Waals surface area contributed by atoms with E-state index >= 15 is 0 Å². The van der Waals surface area contributed by atoms with Gasteiger partial charge in [0.15, 0.2) is 11.8 Å². The van der Waals surface area contributed by atoms with E-state index in [1.165, 1.54) is 5.56 Å². The van der Waals surface area contributed by atoms with E-state index < -0.39 is 0 Å². The molecule has 1 atom stereocenters. The molecule has 8 nitrogen and oxygen atoms in total. The van der Waals surface area contributed by atoms with Crippen LogP contribution in [-0.4, -0.2) is 42.5 Å². The van der Waals surface area contributed by atoms with Gasteiger partial charge in [-0.25, -0.2) is 4.99 Å². The first-order chi connectivity index (χ1) is 13.6. The number of benzene rings is 1. The first kappa shape index (κ1) is 20.1. The lowest BCUT2D eigenvalue weighted by molar-refractivity contribution is 0.166. The number of aromatic nitrogens is 2. The summed E-state index contributed by atoms with van der Waals surface area (Å²) in [5.41, 5.74) is 2.22. The second kappa shape index (κ2) is 10.1. The van der Waals surface area contributed by atoms with Gasteiger partial charge in [0.05, 0.1) is 26.3 Å². The van der Waals surface area contributed by atoms with Gasteiger partial charge in [-0.1, -0.05) is 17.3 Å². The van der Waals surface area contributed by atoms with Crippen molar-refractivity contribution in [2.45, 2.75) is 40.3 Å². The summed E-state index contributed by atoms with van der Waals surface area (Å²) in [4.78, 5) is 8.87. The molecule has 1 unspecified atom stereocenters. The number of aliphatic imine (C=N–C) groups is 1. The fourth-order valence-corrected chi connectivity index (χ4v) is 2.93. The van der Waals surface area contributed by atoms with Crippen molar-refractivity contribution in [3.05, 3.63) is 41.0 Å². The molecule has 0 spiro atoms. The Morgan fingerprint density at radius 1 is 1.32 bits per heavy atom. The Morgan fingerprint density at radius 3 is 2.93 bits per heavy atom. The van der Waals surface area contributed by atoms with Gasteiger partial charge in [-0.15, -0.1) is 0 Å². The predicted octanol–water partition coefficient (Wildman–Crippen LogP) is 2.36. The van der Waals surface area contributed by atoms with Crippen molar-refractivity contribution in [2.75, 3.05) is 26.4 Å². The molecule has 0 radical (unpaired) electrons. The molecule has 0 bridgehead atoms. The van der Waals surface area contributed by atoms with Crippen LogP contribution in [0.2, 0.25) is 0 Å². The molecular formula is C20H29N5O3. The van der Waals surface area contributed by atoms with Crippen molar-refractivity contribution >= 4 is 5.96 Å². The Balaban J connectivity index is 1.63. The third kappa shape index (κ3) is 5.95. The number of nitrogens with zero attached hydrogens (tertiary/aromatic N) is 3. The first-order valence-electron chi connectivity index (χ1n) is 9.75. The van der Waals surface area contributed by atoms with E-state index in [4.69, 9.17) is 14.0 Å². The van der Waals surface area contributed by atoms with Crippen LogP contribution in [0, 0.1) is 19.8 Å². The lowest BCUT2D eigenvalue weighted by atomic mass is 10.1. The Morgan fingerprint density at radius 2 is 2.21 bits per heavy atom. The summed E-state index contributed by atoms with van der Waals surface area (Å²) in [5.74, 6) is 3.19.